The number of piperazine rings is 1. The zero-order valence-corrected chi connectivity index (χ0v) is 19.0. The van der Waals surface area contributed by atoms with Crippen LogP contribution in [0.4, 0.5) is 10.2 Å². The van der Waals surface area contributed by atoms with Gasteiger partial charge in [-0.2, -0.15) is 0 Å². The zero-order chi connectivity index (χ0) is 23.7. The van der Waals surface area contributed by atoms with E-state index in [2.05, 4.69) is 10.3 Å². The van der Waals surface area contributed by atoms with E-state index in [1.165, 1.54) is 6.26 Å². The van der Waals surface area contributed by atoms with Gasteiger partial charge in [-0.25, -0.2) is 9.37 Å². The first-order valence-electron chi connectivity index (χ1n) is 11.6. The molecule has 3 aromatic rings. The number of carbonyl (C=O) groups excluding carboxylic acids is 1. The van der Waals surface area contributed by atoms with Crippen LogP contribution in [0.2, 0.25) is 0 Å². The minimum absolute atomic E-state index is 0.0160. The number of aliphatic hydroxyl groups is 1. The highest BCUT2D eigenvalue weighted by Gasteiger charge is 2.30. The van der Waals surface area contributed by atoms with Crippen LogP contribution in [0.1, 0.15) is 35.5 Å². The van der Waals surface area contributed by atoms with Crippen molar-refractivity contribution in [1.29, 1.82) is 0 Å². The Morgan fingerprint density at radius 2 is 2.15 bits per heavy atom. The van der Waals surface area contributed by atoms with Crippen LogP contribution in [0.3, 0.4) is 0 Å². The number of nitrogens with zero attached hydrogens (tertiary/aromatic N) is 5. The molecular weight excluding hydrogens is 439 g/mol. The molecule has 2 N–H and O–H groups in total. The van der Waals surface area contributed by atoms with E-state index >= 15 is 0 Å². The average Bonchev–Trinajstić information content (AvgIpc) is 3.52. The highest BCUT2D eigenvalue weighted by Crippen LogP contribution is 2.36. The summed E-state index contributed by atoms with van der Waals surface area (Å²) < 4.78 is 21.1. The highest BCUT2D eigenvalue weighted by atomic mass is 19.1. The second-order valence-corrected chi connectivity index (χ2v) is 8.97. The summed E-state index contributed by atoms with van der Waals surface area (Å²) in [4.78, 5) is 25.1. The van der Waals surface area contributed by atoms with Crippen molar-refractivity contribution < 1.29 is 18.7 Å². The molecule has 2 aliphatic rings. The van der Waals surface area contributed by atoms with Crippen molar-refractivity contribution in [3.63, 3.8) is 0 Å². The lowest BCUT2D eigenvalue weighted by Crippen LogP contribution is -2.53. The lowest BCUT2D eigenvalue weighted by atomic mass is 9.85. The Balaban J connectivity index is 1.25. The Morgan fingerprint density at radius 3 is 2.88 bits per heavy atom. The van der Waals surface area contributed by atoms with Crippen LogP contribution >= 0.6 is 0 Å². The standard InChI is InChI=1S/C24H29FN6O3/c1-16-13-17(4-5-18(16)25)22-23(31-7-6-26-14-20(31)28-22)27-15-21(32)29-8-10-30(11-9-29)24(33)19-3-2-12-34-19/h2-7,12,14,16-18,21,27,32H,8-11,13,15H2,1H3. The molecule has 0 spiro atoms. The number of aliphatic hydroxyl groups excluding tert-OH is 1. The topological polar surface area (TPSA) is 99.1 Å². The normalized spacial score (nSPS) is 24.4. The number of halogens is 1. The van der Waals surface area contributed by atoms with Gasteiger partial charge in [0.1, 0.15) is 18.2 Å². The third-order valence-corrected chi connectivity index (χ3v) is 6.71. The van der Waals surface area contributed by atoms with Gasteiger partial charge in [0.15, 0.2) is 11.4 Å². The number of carbonyl (C=O) groups is 1. The number of imidazole rings is 1. The Morgan fingerprint density at radius 1 is 1.32 bits per heavy atom. The molecule has 10 heteroatoms. The van der Waals surface area contributed by atoms with Crippen molar-refractivity contribution in [1.82, 2.24) is 24.2 Å². The maximum atomic E-state index is 14.0. The van der Waals surface area contributed by atoms with Gasteiger partial charge in [0, 0.05) is 44.5 Å². The van der Waals surface area contributed by atoms with Gasteiger partial charge in [0.05, 0.1) is 24.7 Å². The SMILES string of the molecule is CC1CC(c2nc3cnccn3c2NCC(O)N2CCN(C(=O)c3ccco3)CC2)C=CC1F. The Hall–Kier alpha value is -3.24. The van der Waals surface area contributed by atoms with E-state index in [-0.39, 0.29) is 24.3 Å². The van der Waals surface area contributed by atoms with Crippen molar-refractivity contribution in [2.45, 2.75) is 31.7 Å². The third kappa shape index (κ3) is 4.43. The van der Waals surface area contributed by atoms with Gasteiger partial charge in [-0.05, 0) is 24.5 Å². The van der Waals surface area contributed by atoms with Crippen molar-refractivity contribution in [3.8, 4) is 0 Å². The summed E-state index contributed by atoms with van der Waals surface area (Å²) in [6.07, 6.45) is 9.18. The van der Waals surface area contributed by atoms with E-state index in [4.69, 9.17) is 9.40 Å². The summed E-state index contributed by atoms with van der Waals surface area (Å²) in [5, 5.41) is 14.2. The number of alkyl halides is 1. The lowest BCUT2D eigenvalue weighted by molar-refractivity contribution is -0.0141. The van der Waals surface area contributed by atoms with Crippen molar-refractivity contribution in [3.05, 3.63) is 60.6 Å². The largest absolute Gasteiger partial charge is 0.459 e. The third-order valence-electron chi connectivity index (χ3n) is 6.71. The monoisotopic (exact) mass is 468 g/mol. The summed E-state index contributed by atoms with van der Waals surface area (Å²) in [6.45, 7) is 4.33. The Kier molecular flexibility index (Phi) is 6.34. The van der Waals surface area contributed by atoms with Crippen molar-refractivity contribution in [2.24, 2.45) is 5.92 Å². The zero-order valence-electron chi connectivity index (χ0n) is 19.0. The molecule has 1 saturated heterocycles. The molecule has 0 saturated carbocycles. The molecule has 1 aliphatic heterocycles. The maximum absolute atomic E-state index is 14.0. The van der Waals surface area contributed by atoms with Crippen molar-refractivity contribution in [2.75, 3.05) is 38.0 Å². The number of hydrogen-bond acceptors (Lipinski definition) is 7. The summed E-state index contributed by atoms with van der Waals surface area (Å²) in [7, 11) is 0. The van der Waals surface area contributed by atoms with E-state index in [1.54, 1.807) is 35.5 Å². The molecule has 0 aromatic carbocycles. The highest BCUT2D eigenvalue weighted by molar-refractivity contribution is 5.91. The smallest absolute Gasteiger partial charge is 0.289 e. The molecule has 4 atom stereocenters. The fourth-order valence-corrected chi connectivity index (χ4v) is 4.70. The minimum Gasteiger partial charge on any atom is -0.459 e. The molecule has 1 amide bonds. The molecule has 1 aliphatic carbocycles. The fourth-order valence-electron chi connectivity index (χ4n) is 4.70. The first kappa shape index (κ1) is 22.5. The second kappa shape index (κ2) is 9.55. The van der Waals surface area contributed by atoms with Crippen LogP contribution in [-0.4, -0.2) is 80.3 Å². The Bertz CT molecular complexity index is 1150. The first-order chi connectivity index (χ1) is 16.5. The van der Waals surface area contributed by atoms with Gasteiger partial charge in [0.25, 0.3) is 5.91 Å². The van der Waals surface area contributed by atoms with Crippen LogP contribution in [0.25, 0.3) is 5.65 Å². The number of aromatic nitrogens is 3. The molecule has 34 heavy (non-hydrogen) atoms. The molecule has 3 aromatic heterocycles. The molecule has 1 fully saturated rings. The molecule has 9 nitrogen and oxygen atoms in total. The second-order valence-electron chi connectivity index (χ2n) is 8.97. The van der Waals surface area contributed by atoms with Gasteiger partial charge in [-0.3, -0.25) is 19.1 Å². The van der Waals surface area contributed by atoms with Crippen LogP contribution in [0.5, 0.6) is 0 Å². The molecule has 4 heterocycles. The van der Waals surface area contributed by atoms with Crippen LogP contribution < -0.4 is 5.32 Å². The predicted octanol–water partition coefficient (Wildman–Crippen LogP) is 2.53. The van der Waals surface area contributed by atoms with E-state index in [0.717, 1.165) is 11.5 Å². The predicted molar refractivity (Wildman–Crippen MR) is 124 cm³/mol. The van der Waals surface area contributed by atoms with Gasteiger partial charge >= 0.3 is 0 Å². The van der Waals surface area contributed by atoms with Crippen molar-refractivity contribution >= 4 is 17.4 Å². The van der Waals surface area contributed by atoms with Crippen LogP contribution in [-0.2, 0) is 0 Å². The van der Waals surface area contributed by atoms with E-state index < -0.39 is 12.4 Å². The number of hydrogen-bond donors (Lipinski definition) is 2. The van der Waals surface area contributed by atoms with Crippen LogP contribution in [0, 0.1) is 5.92 Å². The number of furan rings is 1. The number of fused-ring (bicyclic) bond motifs is 1. The van der Waals surface area contributed by atoms with Gasteiger partial charge < -0.3 is 19.7 Å². The maximum Gasteiger partial charge on any atom is 0.289 e. The number of rotatable bonds is 6. The summed E-state index contributed by atoms with van der Waals surface area (Å²) >= 11 is 0. The molecule has 4 unspecified atom stereocenters. The number of amides is 1. The summed E-state index contributed by atoms with van der Waals surface area (Å²) in [6, 6.07) is 3.36. The number of anilines is 1. The molecule has 0 bridgehead atoms. The van der Waals surface area contributed by atoms with E-state index in [1.807, 2.05) is 28.5 Å². The quantitative estimate of drug-likeness (QED) is 0.537. The number of allylic oxidation sites excluding steroid dienone is 2. The molecule has 5 rings (SSSR count). The lowest BCUT2D eigenvalue weighted by Gasteiger charge is -2.37. The van der Waals surface area contributed by atoms with Gasteiger partial charge in [-0.1, -0.05) is 19.1 Å². The summed E-state index contributed by atoms with van der Waals surface area (Å²) in [5.41, 5.74) is 1.52. The molecule has 180 valence electrons. The number of nitrogens with one attached hydrogen (secondary N) is 1. The average molecular weight is 469 g/mol. The molecular formula is C24H29FN6O3. The minimum atomic E-state index is -0.938. The van der Waals surface area contributed by atoms with Crippen LogP contribution in [0.15, 0.2) is 53.6 Å². The Labute approximate surface area is 196 Å². The first-order valence-corrected chi connectivity index (χ1v) is 11.6. The van der Waals surface area contributed by atoms with Gasteiger partial charge in [0.2, 0.25) is 0 Å². The fraction of sp³-hybridized carbons (Fsp3) is 0.458. The van der Waals surface area contributed by atoms with E-state index in [9.17, 15) is 14.3 Å². The summed E-state index contributed by atoms with van der Waals surface area (Å²) in [5.74, 6) is 0.874. The molecule has 0 radical (unpaired) electrons. The van der Waals surface area contributed by atoms with Gasteiger partial charge in [-0.15, -0.1) is 0 Å². The van der Waals surface area contributed by atoms with E-state index in [0.29, 0.717) is 44.0 Å².